The van der Waals surface area contributed by atoms with Crippen molar-refractivity contribution in [1.29, 1.82) is 0 Å². The summed E-state index contributed by atoms with van der Waals surface area (Å²) in [4.78, 5) is 2.34. The maximum absolute atomic E-state index is 10.4. The summed E-state index contributed by atoms with van der Waals surface area (Å²) in [7, 11) is 4.76. The highest BCUT2D eigenvalue weighted by Crippen LogP contribution is 2.38. The Labute approximate surface area is 185 Å². The van der Waals surface area contributed by atoms with E-state index in [0.29, 0.717) is 37.0 Å². The lowest BCUT2D eigenvalue weighted by Gasteiger charge is -2.33. The van der Waals surface area contributed by atoms with Gasteiger partial charge in [0.1, 0.15) is 0 Å². The second-order valence-electron chi connectivity index (χ2n) is 8.14. The second-order valence-corrected chi connectivity index (χ2v) is 8.14. The molecule has 6 nitrogen and oxygen atoms in total. The highest BCUT2D eigenvalue weighted by molar-refractivity contribution is 5.53. The summed E-state index contributed by atoms with van der Waals surface area (Å²) in [5.74, 6) is 2.48. The van der Waals surface area contributed by atoms with Crippen LogP contribution in [0, 0.1) is 5.92 Å². The van der Waals surface area contributed by atoms with Crippen molar-refractivity contribution < 1.29 is 24.1 Å². The van der Waals surface area contributed by atoms with Gasteiger partial charge in [0.05, 0.1) is 40.6 Å². The van der Waals surface area contributed by atoms with Crippen LogP contribution in [0.4, 0.5) is 0 Å². The van der Waals surface area contributed by atoms with Gasteiger partial charge >= 0.3 is 0 Å². The first kappa shape index (κ1) is 23.4. The van der Waals surface area contributed by atoms with Gasteiger partial charge in [-0.2, -0.15) is 0 Å². The third-order valence-corrected chi connectivity index (χ3v) is 5.85. The summed E-state index contributed by atoms with van der Waals surface area (Å²) in [5.41, 5.74) is 2.32. The molecule has 1 saturated heterocycles. The third kappa shape index (κ3) is 6.86. The quantitative estimate of drug-likeness (QED) is 0.590. The van der Waals surface area contributed by atoms with Crippen molar-refractivity contribution in [3.05, 3.63) is 53.6 Å². The van der Waals surface area contributed by atoms with Crippen LogP contribution in [0.3, 0.4) is 0 Å². The maximum atomic E-state index is 10.4. The number of aliphatic hydroxyl groups excluding tert-OH is 1. The lowest BCUT2D eigenvalue weighted by molar-refractivity contribution is 0.00443. The zero-order valence-corrected chi connectivity index (χ0v) is 18.9. The first-order chi connectivity index (χ1) is 15.1. The molecule has 0 aromatic heterocycles. The van der Waals surface area contributed by atoms with Gasteiger partial charge < -0.3 is 29.0 Å². The van der Waals surface area contributed by atoms with Gasteiger partial charge in [-0.05, 0) is 61.5 Å². The maximum Gasteiger partial charge on any atom is 0.203 e. The Hall–Kier alpha value is -2.28. The molecule has 1 aliphatic rings. The number of ether oxygens (including phenoxy) is 4. The SMILES string of the molecule is COc1cc(COC[C@@H](O)CN2CCC(Cc3ccccc3)CC2)cc(OC)c1OC. The van der Waals surface area contributed by atoms with Gasteiger partial charge in [-0.1, -0.05) is 30.3 Å². The van der Waals surface area contributed by atoms with E-state index in [-0.39, 0.29) is 0 Å². The molecule has 1 N–H and O–H groups in total. The summed E-state index contributed by atoms with van der Waals surface area (Å²) in [6.07, 6.45) is 2.99. The molecule has 0 bridgehead atoms. The van der Waals surface area contributed by atoms with E-state index in [2.05, 4.69) is 35.2 Å². The van der Waals surface area contributed by atoms with E-state index >= 15 is 0 Å². The van der Waals surface area contributed by atoms with Gasteiger partial charge in [0.15, 0.2) is 11.5 Å². The fraction of sp³-hybridized carbons (Fsp3) is 0.520. The summed E-state index contributed by atoms with van der Waals surface area (Å²) in [5, 5.41) is 10.4. The predicted octanol–water partition coefficient (Wildman–Crippen LogP) is 3.54. The molecule has 1 aliphatic heterocycles. The summed E-state index contributed by atoms with van der Waals surface area (Å²) in [6, 6.07) is 14.4. The van der Waals surface area contributed by atoms with Gasteiger partial charge in [-0.25, -0.2) is 0 Å². The first-order valence-corrected chi connectivity index (χ1v) is 10.9. The number of hydrogen-bond donors (Lipinski definition) is 1. The van der Waals surface area contributed by atoms with E-state index in [1.165, 1.54) is 18.4 Å². The number of methoxy groups -OCH3 is 3. The molecule has 2 aromatic carbocycles. The number of hydrogen-bond acceptors (Lipinski definition) is 6. The third-order valence-electron chi connectivity index (χ3n) is 5.85. The van der Waals surface area contributed by atoms with Crippen LogP contribution < -0.4 is 14.2 Å². The molecule has 0 unspecified atom stereocenters. The van der Waals surface area contributed by atoms with Gasteiger partial charge in [-0.15, -0.1) is 0 Å². The minimum Gasteiger partial charge on any atom is -0.493 e. The molecule has 1 fully saturated rings. The van der Waals surface area contributed by atoms with Gasteiger partial charge in [0.25, 0.3) is 0 Å². The molecule has 31 heavy (non-hydrogen) atoms. The van der Waals surface area contributed by atoms with Gasteiger partial charge in [0.2, 0.25) is 5.75 Å². The lowest BCUT2D eigenvalue weighted by atomic mass is 9.90. The predicted molar refractivity (Wildman–Crippen MR) is 121 cm³/mol. The number of nitrogens with zero attached hydrogens (tertiary/aromatic N) is 1. The number of rotatable bonds is 11. The van der Waals surface area contributed by atoms with Crippen molar-refractivity contribution in [1.82, 2.24) is 4.90 Å². The molecule has 6 heteroatoms. The van der Waals surface area contributed by atoms with Crippen molar-refractivity contribution in [2.75, 3.05) is 47.6 Å². The number of β-amino-alcohol motifs (C(OH)–C–C–N with tert-alkyl or cyclic N) is 1. The Morgan fingerprint density at radius 2 is 1.58 bits per heavy atom. The van der Waals surface area contributed by atoms with Crippen molar-refractivity contribution in [3.63, 3.8) is 0 Å². The van der Waals surface area contributed by atoms with E-state index in [1.807, 2.05) is 12.1 Å². The van der Waals surface area contributed by atoms with E-state index < -0.39 is 6.10 Å². The van der Waals surface area contributed by atoms with Crippen molar-refractivity contribution in [3.8, 4) is 17.2 Å². The Morgan fingerprint density at radius 3 is 2.16 bits per heavy atom. The van der Waals surface area contributed by atoms with Crippen molar-refractivity contribution in [2.45, 2.75) is 32.0 Å². The van der Waals surface area contributed by atoms with Gasteiger partial charge in [0, 0.05) is 6.54 Å². The minimum absolute atomic E-state index is 0.292. The molecule has 1 atom stereocenters. The van der Waals surface area contributed by atoms with E-state index in [1.54, 1.807) is 21.3 Å². The standard InChI is InChI=1S/C25H35NO5/c1-28-23-14-21(15-24(29-2)25(23)30-3)17-31-18-22(27)16-26-11-9-20(10-12-26)13-19-7-5-4-6-8-19/h4-8,14-15,20,22,27H,9-13,16-18H2,1-3H3/t22-/m0/s1. The van der Waals surface area contributed by atoms with Crippen LogP contribution in [0.1, 0.15) is 24.0 Å². The summed E-state index contributed by atoms with van der Waals surface area (Å²) < 4.78 is 21.9. The first-order valence-electron chi connectivity index (χ1n) is 10.9. The molecule has 170 valence electrons. The van der Waals surface area contributed by atoms with Gasteiger partial charge in [-0.3, -0.25) is 0 Å². The van der Waals surface area contributed by atoms with Crippen molar-refractivity contribution >= 4 is 0 Å². The average Bonchev–Trinajstić information content (AvgIpc) is 2.80. The average molecular weight is 430 g/mol. The van der Waals surface area contributed by atoms with E-state index in [9.17, 15) is 5.11 Å². The Morgan fingerprint density at radius 1 is 0.935 bits per heavy atom. The topological polar surface area (TPSA) is 60.4 Å². The van der Waals surface area contributed by atoms with E-state index in [0.717, 1.165) is 31.0 Å². The fourth-order valence-corrected chi connectivity index (χ4v) is 4.20. The smallest absolute Gasteiger partial charge is 0.203 e. The van der Waals surface area contributed by atoms with Crippen LogP contribution in [0.15, 0.2) is 42.5 Å². The Kier molecular flexibility index (Phi) is 9.00. The molecule has 1 heterocycles. The second kappa shape index (κ2) is 11.9. The normalized spacial score (nSPS) is 16.1. The largest absolute Gasteiger partial charge is 0.493 e. The van der Waals surface area contributed by atoms with Crippen molar-refractivity contribution in [2.24, 2.45) is 5.92 Å². The molecule has 0 radical (unpaired) electrons. The van der Waals surface area contributed by atoms with Crippen LogP contribution in [-0.4, -0.2) is 63.7 Å². The molecular weight excluding hydrogens is 394 g/mol. The highest BCUT2D eigenvalue weighted by atomic mass is 16.5. The molecule has 2 aromatic rings. The summed E-state index contributed by atoms with van der Waals surface area (Å²) in [6.45, 7) is 3.36. The highest BCUT2D eigenvalue weighted by Gasteiger charge is 2.21. The lowest BCUT2D eigenvalue weighted by Crippen LogP contribution is -2.40. The number of likely N-dealkylation sites (tertiary alicyclic amines) is 1. The van der Waals surface area contributed by atoms with Crippen LogP contribution in [-0.2, 0) is 17.8 Å². The molecular formula is C25H35NO5. The zero-order valence-electron chi connectivity index (χ0n) is 18.9. The number of piperidine rings is 1. The zero-order chi connectivity index (χ0) is 22.1. The summed E-state index contributed by atoms with van der Waals surface area (Å²) >= 11 is 0. The number of aliphatic hydroxyl groups is 1. The fourth-order valence-electron chi connectivity index (χ4n) is 4.20. The molecule has 0 saturated carbocycles. The Bertz CT molecular complexity index is 765. The molecule has 0 spiro atoms. The molecule has 0 aliphatic carbocycles. The Balaban J connectivity index is 1.39. The van der Waals surface area contributed by atoms with Crippen LogP contribution in [0.5, 0.6) is 17.2 Å². The monoisotopic (exact) mass is 429 g/mol. The van der Waals surface area contributed by atoms with Crippen LogP contribution in [0.2, 0.25) is 0 Å². The van der Waals surface area contributed by atoms with E-state index in [4.69, 9.17) is 18.9 Å². The molecule has 0 amide bonds. The number of benzene rings is 2. The minimum atomic E-state index is -0.507. The molecule has 3 rings (SSSR count). The van der Waals surface area contributed by atoms with Crippen LogP contribution in [0.25, 0.3) is 0 Å². The van der Waals surface area contributed by atoms with Crippen LogP contribution >= 0.6 is 0 Å².